The van der Waals surface area contributed by atoms with Crippen LogP contribution in [-0.2, 0) is 4.74 Å². The van der Waals surface area contributed by atoms with E-state index in [9.17, 15) is 30.0 Å². The lowest BCUT2D eigenvalue weighted by molar-refractivity contribution is -0.0877. The van der Waals surface area contributed by atoms with Gasteiger partial charge in [-0.1, -0.05) is 0 Å². The predicted octanol–water partition coefficient (Wildman–Crippen LogP) is 1.31. The summed E-state index contributed by atoms with van der Waals surface area (Å²) in [4.78, 5) is 25.4. The first-order valence-electron chi connectivity index (χ1n) is 6.72. The highest BCUT2D eigenvalue weighted by Gasteiger charge is 2.56. The largest absolute Gasteiger partial charge is 0.508 e. The molecule has 1 unspecified atom stereocenters. The van der Waals surface area contributed by atoms with Gasteiger partial charge < -0.3 is 29.9 Å². The molecule has 0 saturated heterocycles. The van der Waals surface area contributed by atoms with E-state index in [0.29, 0.717) is 0 Å². The van der Waals surface area contributed by atoms with Crippen LogP contribution in [0.5, 0.6) is 28.7 Å². The molecule has 2 aromatic rings. The molecule has 0 aliphatic carbocycles. The molecule has 0 amide bonds. The van der Waals surface area contributed by atoms with Crippen molar-refractivity contribution >= 4 is 11.6 Å². The summed E-state index contributed by atoms with van der Waals surface area (Å²) in [6.45, 7) is 0. The number of Topliss-reactive ketones (excluding diaryl/α,β-unsaturated/α-hetero) is 2. The zero-order valence-electron chi connectivity index (χ0n) is 12.3. The monoisotopic (exact) mass is 332 g/mol. The van der Waals surface area contributed by atoms with Gasteiger partial charge in [0.2, 0.25) is 5.78 Å². The van der Waals surface area contributed by atoms with Gasteiger partial charge in [-0.15, -0.1) is 0 Å². The number of methoxy groups -OCH3 is 1. The van der Waals surface area contributed by atoms with Crippen LogP contribution in [0.1, 0.15) is 20.7 Å². The molecule has 1 aliphatic heterocycles. The second-order valence-electron chi connectivity index (χ2n) is 5.12. The minimum Gasteiger partial charge on any atom is -0.508 e. The molecule has 0 fully saturated rings. The van der Waals surface area contributed by atoms with Crippen molar-refractivity contribution in [2.24, 2.45) is 0 Å². The Hall–Kier alpha value is -3.26. The molecule has 0 radical (unpaired) electrons. The highest BCUT2D eigenvalue weighted by molar-refractivity contribution is 6.25. The number of rotatable bonds is 3. The molecule has 1 aliphatic rings. The van der Waals surface area contributed by atoms with E-state index in [4.69, 9.17) is 9.47 Å². The van der Waals surface area contributed by atoms with Crippen LogP contribution in [0.3, 0.4) is 0 Å². The normalized spacial score (nSPS) is 19.0. The Balaban J connectivity index is 2.11. The first-order valence-corrected chi connectivity index (χ1v) is 6.72. The standard InChI is InChI=1S/C16H12O8/c1-23-16(14(21)7-2-3-9(18)10(19)4-7)15(22)13-11(20)5-8(17)6-12(13)24-16/h2-6,17-20H,1H3. The lowest BCUT2D eigenvalue weighted by Gasteiger charge is -2.23. The molecule has 1 atom stereocenters. The minimum absolute atomic E-state index is 0.156. The Labute approximate surface area is 135 Å². The van der Waals surface area contributed by atoms with Crippen LogP contribution in [0, 0.1) is 0 Å². The lowest BCUT2D eigenvalue weighted by atomic mass is 9.96. The summed E-state index contributed by atoms with van der Waals surface area (Å²) < 4.78 is 10.3. The maximum Gasteiger partial charge on any atom is 0.341 e. The number of carbonyl (C=O) groups excluding carboxylic acids is 2. The second kappa shape index (κ2) is 5.14. The van der Waals surface area contributed by atoms with Crippen LogP contribution < -0.4 is 4.74 Å². The highest BCUT2D eigenvalue weighted by Crippen LogP contribution is 2.44. The first-order chi connectivity index (χ1) is 11.3. The molecule has 1 heterocycles. The van der Waals surface area contributed by atoms with Crippen LogP contribution in [0.25, 0.3) is 0 Å². The number of aromatic hydroxyl groups is 4. The van der Waals surface area contributed by atoms with Gasteiger partial charge in [0, 0.05) is 24.8 Å². The van der Waals surface area contributed by atoms with Gasteiger partial charge in [-0.2, -0.15) is 0 Å². The summed E-state index contributed by atoms with van der Waals surface area (Å²) in [7, 11) is 1.07. The Morgan fingerprint density at radius 2 is 1.75 bits per heavy atom. The van der Waals surface area contributed by atoms with Crippen LogP contribution in [-0.4, -0.2) is 44.9 Å². The number of hydrogen-bond donors (Lipinski definition) is 4. The Kier molecular flexibility index (Phi) is 3.34. The van der Waals surface area contributed by atoms with Crippen molar-refractivity contribution < 1.29 is 39.5 Å². The zero-order valence-corrected chi connectivity index (χ0v) is 12.3. The number of phenolic OH excluding ortho intramolecular Hbond substituents is 4. The molecule has 0 spiro atoms. The van der Waals surface area contributed by atoms with Crippen LogP contribution >= 0.6 is 0 Å². The maximum absolute atomic E-state index is 12.7. The Morgan fingerprint density at radius 3 is 2.38 bits per heavy atom. The van der Waals surface area contributed by atoms with Crippen molar-refractivity contribution in [3.63, 3.8) is 0 Å². The fourth-order valence-corrected chi connectivity index (χ4v) is 2.49. The highest BCUT2D eigenvalue weighted by atomic mass is 16.7. The van der Waals surface area contributed by atoms with Gasteiger partial charge in [0.15, 0.2) is 11.5 Å². The van der Waals surface area contributed by atoms with Crippen molar-refractivity contribution in [2.75, 3.05) is 7.11 Å². The third kappa shape index (κ3) is 2.04. The smallest absolute Gasteiger partial charge is 0.341 e. The molecule has 0 bridgehead atoms. The van der Waals surface area contributed by atoms with E-state index in [2.05, 4.69) is 0 Å². The number of ether oxygens (including phenoxy) is 2. The summed E-state index contributed by atoms with van der Waals surface area (Å²) in [5.74, 6) is -6.43. The van der Waals surface area contributed by atoms with Crippen molar-refractivity contribution in [3.05, 3.63) is 41.5 Å². The number of fused-ring (bicyclic) bond motifs is 1. The molecule has 8 heteroatoms. The van der Waals surface area contributed by atoms with Gasteiger partial charge in [0.05, 0.1) is 0 Å². The van der Waals surface area contributed by atoms with Gasteiger partial charge in [0.1, 0.15) is 22.8 Å². The van der Waals surface area contributed by atoms with E-state index in [1.807, 2.05) is 0 Å². The maximum atomic E-state index is 12.7. The summed E-state index contributed by atoms with van der Waals surface area (Å²) in [5, 5.41) is 38.2. The quantitative estimate of drug-likeness (QED) is 0.375. The number of carbonyl (C=O) groups is 2. The predicted molar refractivity (Wildman–Crippen MR) is 78.6 cm³/mol. The summed E-state index contributed by atoms with van der Waals surface area (Å²) in [6, 6.07) is 5.20. The molecule has 124 valence electrons. The van der Waals surface area contributed by atoms with Crippen molar-refractivity contribution in [3.8, 4) is 28.7 Å². The lowest BCUT2D eigenvalue weighted by Crippen LogP contribution is -2.50. The fraction of sp³-hybridized carbons (Fsp3) is 0.125. The molecule has 0 aromatic heterocycles. The topological polar surface area (TPSA) is 134 Å². The molecule has 2 aromatic carbocycles. The molecule has 24 heavy (non-hydrogen) atoms. The third-order valence-corrected chi connectivity index (χ3v) is 3.67. The Bertz CT molecular complexity index is 873. The van der Waals surface area contributed by atoms with Crippen LogP contribution in [0.15, 0.2) is 30.3 Å². The summed E-state index contributed by atoms with van der Waals surface area (Å²) in [5.41, 5.74) is -0.456. The average molecular weight is 332 g/mol. The van der Waals surface area contributed by atoms with E-state index < -0.39 is 34.6 Å². The molecule has 3 rings (SSSR count). The molecular formula is C16H12O8. The zero-order chi connectivity index (χ0) is 17.6. The number of phenols is 4. The first kappa shape index (κ1) is 15.6. The third-order valence-electron chi connectivity index (χ3n) is 3.67. The van der Waals surface area contributed by atoms with Crippen LogP contribution in [0.2, 0.25) is 0 Å². The van der Waals surface area contributed by atoms with Gasteiger partial charge in [-0.05, 0) is 18.2 Å². The van der Waals surface area contributed by atoms with Crippen molar-refractivity contribution in [1.82, 2.24) is 0 Å². The van der Waals surface area contributed by atoms with Gasteiger partial charge >= 0.3 is 5.79 Å². The Morgan fingerprint density at radius 1 is 1.04 bits per heavy atom. The van der Waals surface area contributed by atoms with E-state index in [1.165, 1.54) is 6.07 Å². The van der Waals surface area contributed by atoms with Crippen molar-refractivity contribution in [2.45, 2.75) is 5.79 Å². The van der Waals surface area contributed by atoms with Crippen molar-refractivity contribution in [1.29, 1.82) is 0 Å². The molecule has 4 N–H and O–H groups in total. The number of ketones is 2. The van der Waals surface area contributed by atoms with Crippen LogP contribution in [0.4, 0.5) is 0 Å². The van der Waals surface area contributed by atoms with Gasteiger partial charge in [-0.3, -0.25) is 9.59 Å². The van der Waals surface area contributed by atoms with E-state index in [-0.39, 0.29) is 22.6 Å². The van der Waals surface area contributed by atoms with Gasteiger partial charge in [-0.25, -0.2) is 0 Å². The minimum atomic E-state index is -2.41. The molecule has 8 nitrogen and oxygen atoms in total. The number of benzene rings is 2. The summed E-state index contributed by atoms with van der Waals surface area (Å²) in [6.07, 6.45) is 0. The number of hydrogen-bond acceptors (Lipinski definition) is 8. The molecule has 0 saturated carbocycles. The second-order valence-corrected chi connectivity index (χ2v) is 5.12. The van der Waals surface area contributed by atoms with E-state index in [1.54, 1.807) is 0 Å². The van der Waals surface area contributed by atoms with E-state index in [0.717, 1.165) is 31.4 Å². The van der Waals surface area contributed by atoms with E-state index >= 15 is 0 Å². The molecular weight excluding hydrogens is 320 g/mol. The summed E-state index contributed by atoms with van der Waals surface area (Å²) >= 11 is 0. The fourth-order valence-electron chi connectivity index (χ4n) is 2.49. The average Bonchev–Trinajstić information content (AvgIpc) is 2.82. The SMILES string of the molecule is COC1(C(=O)c2ccc(O)c(O)c2)Oc2cc(O)cc(O)c2C1=O. The van der Waals surface area contributed by atoms with Gasteiger partial charge in [0.25, 0.3) is 5.78 Å².